The number of nitrogens with one attached hydrogen (secondary N) is 1. The lowest BCUT2D eigenvalue weighted by atomic mass is 10.3. The van der Waals surface area contributed by atoms with Crippen LogP contribution in [0.2, 0.25) is 0 Å². The molecule has 1 aromatic heterocycles. The molecule has 0 spiro atoms. The van der Waals surface area contributed by atoms with Gasteiger partial charge in [-0.25, -0.2) is 9.98 Å². The Hall–Kier alpha value is -1.49. The highest BCUT2D eigenvalue weighted by atomic mass is 32.2. The van der Waals surface area contributed by atoms with Crippen LogP contribution < -0.4 is 11.1 Å². The van der Waals surface area contributed by atoms with Crippen LogP contribution in [0.25, 0.3) is 0 Å². The maximum absolute atomic E-state index is 5.72. The molecule has 0 aliphatic heterocycles. The predicted octanol–water partition coefficient (Wildman–Crippen LogP) is 1.78. The zero-order valence-corrected chi connectivity index (χ0v) is 11.0. The number of guanidine groups is 1. The highest BCUT2D eigenvalue weighted by Gasteiger charge is 1.96. The number of aromatic nitrogens is 1. The van der Waals surface area contributed by atoms with E-state index in [0.29, 0.717) is 19.0 Å². The van der Waals surface area contributed by atoms with Gasteiger partial charge in [0, 0.05) is 12.7 Å². The van der Waals surface area contributed by atoms with Gasteiger partial charge in [-0.1, -0.05) is 12.2 Å². The summed E-state index contributed by atoms with van der Waals surface area (Å²) in [5.74, 6) is 0.440. The molecule has 0 saturated heterocycles. The minimum absolute atomic E-state index is 0.440. The minimum atomic E-state index is 0.440. The molecule has 17 heavy (non-hydrogen) atoms. The molecule has 0 aliphatic rings. The topological polar surface area (TPSA) is 63.3 Å². The molecule has 0 amide bonds. The molecular formula is C12H18N4S. The van der Waals surface area contributed by atoms with Crippen molar-refractivity contribution in [1.29, 1.82) is 0 Å². The SMILES string of the molecule is C=C(C)CNC(N)=NCc1ccnc(SC)c1. The highest BCUT2D eigenvalue weighted by molar-refractivity contribution is 7.98. The van der Waals surface area contributed by atoms with Gasteiger partial charge in [0.25, 0.3) is 0 Å². The van der Waals surface area contributed by atoms with E-state index in [1.165, 1.54) is 0 Å². The van der Waals surface area contributed by atoms with Crippen molar-refractivity contribution in [1.82, 2.24) is 10.3 Å². The van der Waals surface area contributed by atoms with Crippen LogP contribution in [0.5, 0.6) is 0 Å². The second-order valence-corrected chi connectivity index (χ2v) is 4.55. The summed E-state index contributed by atoms with van der Waals surface area (Å²) < 4.78 is 0. The van der Waals surface area contributed by atoms with Crippen molar-refractivity contribution in [3.05, 3.63) is 36.0 Å². The summed E-state index contributed by atoms with van der Waals surface area (Å²) in [6, 6.07) is 3.95. The first-order chi connectivity index (χ1) is 8.11. The molecular weight excluding hydrogens is 232 g/mol. The number of nitrogens with two attached hydrogens (primary N) is 1. The summed E-state index contributed by atoms with van der Waals surface area (Å²) in [6.07, 6.45) is 3.78. The number of hydrogen-bond acceptors (Lipinski definition) is 3. The molecule has 0 atom stereocenters. The smallest absolute Gasteiger partial charge is 0.189 e. The standard InChI is InChI=1S/C12H18N4S/c1-9(2)7-15-12(13)16-8-10-4-5-14-11(6-10)17-3/h4-6H,1,7-8H2,2-3H3,(H3,13,15,16). The van der Waals surface area contributed by atoms with E-state index in [4.69, 9.17) is 5.73 Å². The monoisotopic (exact) mass is 250 g/mol. The van der Waals surface area contributed by atoms with Crippen LogP contribution in [-0.2, 0) is 6.54 Å². The zero-order chi connectivity index (χ0) is 12.7. The predicted molar refractivity (Wildman–Crippen MR) is 74.2 cm³/mol. The molecule has 3 N–H and O–H groups in total. The van der Waals surface area contributed by atoms with Gasteiger partial charge in [-0.2, -0.15) is 0 Å². The van der Waals surface area contributed by atoms with E-state index >= 15 is 0 Å². The Balaban J connectivity index is 2.53. The van der Waals surface area contributed by atoms with Crippen LogP contribution in [0, 0.1) is 0 Å². The molecule has 0 unspecified atom stereocenters. The van der Waals surface area contributed by atoms with Crippen molar-refractivity contribution < 1.29 is 0 Å². The van der Waals surface area contributed by atoms with Gasteiger partial charge >= 0.3 is 0 Å². The zero-order valence-electron chi connectivity index (χ0n) is 10.2. The third kappa shape index (κ3) is 5.40. The molecule has 4 nitrogen and oxygen atoms in total. The quantitative estimate of drug-likeness (QED) is 0.362. The first-order valence-electron chi connectivity index (χ1n) is 5.29. The lowest BCUT2D eigenvalue weighted by molar-refractivity contribution is 0.934. The van der Waals surface area contributed by atoms with Crippen molar-refractivity contribution in [3.63, 3.8) is 0 Å². The molecule has 0 bridgehead atoms. The number of aliphatic imine (C=N–C) groups is 1. The summed E-state index contributed by atoms with van der Waals surface area (Å²) in [5, 5.41) is 3.98. The van der Waals surface area contributed by atoms with Crippen LogP contribution in [0.1, 0.15) is 12.5 Å². The van der Waals surface area contributed by atoms with Gasteiger partial charge in [0.1, 0.15) is 0 Å². The summed E-state index contributed by atoms with van der Waals surface area (Å²) in [6.45, 7) is 6.94. The van der Waals surface area contributed by atoms with Gasteiger partial charge < -0.3 is 11.1 Å². The number of rotatable bonds is 5. The number of nitrogens with zero attached hydrogens (tertiary/aromatic N) is 2. The average Bonchev–Trinajstić information content (AvgIpc) is 2.34. The molecule has 1 heterocycles. The third-order valence-corrected chi connectivity index (χ3v) is 2.65. The summed E-state index contributed by atoms with van der Waals surface area (Å²) in [5.41, 5.74) is 7.84. The van der Waals surface area contributed by atoms with E-state index in [2.05, 4.69) is 21.9 Å². The van der Waals surface area contributed by atoms with Crippen molar-refractivity contribution >= 4 is 17.7 Å². The third-order valence-electron chi connectivity index (χ3n) is 2.01. The number of thioether (sulfide) groups is 1. The lowest BCUT2D eigenvalue weighted by Crippen LogP contribution is -2.32. The molecule has 1 aromatic rings. The Bertz CT molecular complexity index is 415. The van der Waals surface area contributed by atoms with Crippen LogP contribution in [-0.4, -0.2) is 23.7 Å². The fraction of sp³-hybridized carbons (Fsp3) is 0.333. The van der Waals surface area contributed by atoms with Gasteiger partial charge in [-0.3, -0.25) is 0 Å². The molecule has 0 radical (unpaired) electrons. The Kier molecular flexibility index (Phi) is 5.56. The number of hydrogen-bond donors (Lipinski definition) is 2. The van der Waals surface area contributed by atoms with E-state index in [9.17, 15) is 0 Å². The van der Waals surface area contributed by atoms with Crippen molar-refractivity contribution in [3.8, 4) is 0 Å². The number of pyridine rings is 1. The van der Waals surface area contributed by atoms with E-state index in [1.54, 1.807) is 18.0 Å². The van der Waals surface area contributed by atoms with E-state index in [1.807, 2.05) is 25.3 Å². The van der Waals surface area contributed by atoms with E-state index in [0.717, 1.165) is 16.2 Å². The van der Waals surface area contributed by atoms with Crippen molar-refractivity contribution in [2.24, 2.45) is 10.7 Å². The second kappa shape index (κ2) is 6.96. The van der Waals surface area contributed by atoms with Crippen LogP contribution in [0.15, 0.2) is 40.5 Å². The largest absolute Gasteiger partial charge is 0.370 e. The Morgan fingerprint density at radius 1 is 1.65 bits per heavy atom. The normalized spacial score (nSPS) is 11.3. The van der Waals surface area contributed by atoms with Crippen LogP contribution >= 0.6 is 11.8 Å². The minimum Gasteiger partial charge on any atom is -0.370 e. The lowest BCUT2D eigenvalue weighted by Gasteiger charge is -2.05. The second-order valence-electron chi connectivity index (χ2n) is 3.72. The van der Waals surface area contributed by atoms with Crippen molar-refractivity contribution in [2.75, 3.05) is 12.8 Å². The maximum atomic E-state index is 5.72. The van der Waals surface area contributed by atoms with Crippen LogP contribution in [0.4, 0.5) is 0 Å². The van der Waals surface area contributed by atoms with E-state index < -0.39 is 0 Å². The van der Waals surface area contributed by atoms with Gasteiger partial charge in [0.2, 0.25) is 0 Å². The first-order valence-corrected chi connectivity index (χ1v) is 6.51. The van der Waals surface area contributed by atoms with E-state index in [-0.39, 0.29) is 0 Å². The summed E-state index contributed by atoms with van der Waals surface area (Å²) in [7, 11) is 0. The summed E-state index contributed by atoms with van der Waals surface area (Å²) in [4.78, 5) is 8.45. The van der Waals surface area contributed by atoms with Gasteiger partial charge in [0.05, 0.1) is 11.6 Å². The fourth-order valence-corrected chi connectivity index (χ4v) is 1.57. The van der Waals surface area contributed by atoms with Gasteiger partial charge in [0.15, 0.2) is 5.96 Å². The average molecular weight is 250 g/mol. The maximum Gasteiger partial charge on any atom is 0.189 e. The van der Waals surface area contributed by atoms with Gasteiger partial charge in [-0.15, -0.1) is 11.8 Å². The Labute approximate surface area is 106 Å². The molecule has 0 fully saturated rings. The summed E-state index contributed by atoms with van der Waals surface area (Å²) >= 11 is 1.61. The molecule has 0 aromatic carbocycles. The molecule has 92 valence electrons. The Morgan fingerprint density at radius 3 is 3.06 bits per heavy atom. The molecule has 0 saturated carbocycles. The highest BCUT2D eigenvalue weighted by Crippen LogP contribution is 2.12. The molecule has 0 aliphatic carbocycles. The Morgan fingerprint density at radius 2 is 2.41 bits per heavy atom. The van der Waals surface area contributed by atoms with Gasteiger partial charge in [-0.05, 0) is 30.9 Å². The van der Waals surface area contributed by atoms with Crippen LogP contribution in [0.3, 0.4) is 0 Å². The first kappa shape index (κ1) is 13.6. The van der Waals surface area contributed by atoms with Crippen molar-refractivity contribution in [2.45, 2.75) is 18.5 Å². The molecule has 5 heteroatoms. The molecule has 1 rings (SSSR count). The fourth-order valence-electron chi connectivity index (χ4n) is 1.13.